The topological polar surface area (TPSA) is 0 Å². The fourth-order valence-corrected chi connectivity index (χ4v) is 10.8. The Kier molecular flexibility index (Phi) is 9.88. The first-order chi connectivity index (χ1) is 21.5. The van der Waals surface area contributed by atoms with Gasteiger partial charge in [-0.25, -0.2) is 0 Å². The Morgan fingerprint density at radius 2 is 1.20 bits per heavy atom. The van der Waals surface area contributed by atoms with Gasteiger partial charge in [-0.3, -0.25) is 0 Å². The molecule has 5 aliphatic carbocycles. The van der Waals surface area contributed by atoms with Crippen molar-refractivity contribution in [2.45, 2.75) is 52.4 Å². The number of hydrogen-bond acceptors (Lipinski definition) is 0. The van der Waals surface area contributed by atoms with E-state index in [1.807, 2.05) is 0 Å². The molecule has 10 rings (SSSR count). The molecule has 4 saturated carbocycles. The van der Waals surface area contributed by atoms with Gasteiger partial charge in [-0.05, 0) is 90.9 Å². The van der Waals surface area contributed by atoms with Gasteiger partial charge in [0, 0.05) is 5.92 Å². The molecule has 0 spiro atoms. The fraction of sp³-hybridized carbons (Fsp3) is 0.302. The summed E-state index contributed by atoms with van der Waals surface area (Å²) in [6, 6.07) is 39.5. The van der Waals surface area contributed by atoms with Crippen LogP contribution in [0.3, 0.4) is 0 Å². The quantitative estimate of drug-likeness (QED) is 0.228. The first-order valence-corrected chi connectivity index (χ1v) is 17.9. The summed E-state index contributed by atoms with van der Waals surface area (Å²) in [5.41, 5.74) is 9.56. The molecule has 4 bridgehead atoms. The Morgan fingerprint density at radius 3 is 1.78 bits per heavy atom. The van der Waals surface area contributed by atoms with Crippen LogP contribution in [0, 0.1) is 29.1 Å². The van der Waals surface area contributed by atoms with Gasteiger partial charge in [0.25, 0.3) is 0 Å². The van der Waals surface area contributed by atoms with Crippen molar-refractivity contribution in [1.29, 1.82) is 0 Å². The van der Waals surface area contributed by atoms with Crippen LogP contribution in [0.1, 0.15) is 69.1 Å². The van der Waals surface area contributed by atoms with Gasteiger partial charge in [-0.2, -0.15) is 0 Å². The first kappa shape index (κ1) is 33.5. The summed E-state index contributed by atoms with van der Waals surface area (Å²) in [6.07, 6.45) is 11.7. The molecule has 0 aliphatic heterocycles. The molecule has 5 aromatic rings. The summed E-state index contributed by atoms with van der Waals surface area (Å²) < 4.78 is 1.42. The van der Waals surface area contributed by atoms with Crippen LogP contribution >= 0.6 is 0 Å². The molecule has 0 heterocycles. The van der Waals surface area contributed by atoms with E-state index in [9.17, 15) is 0 Å². The summed E-state index contributed by atoms with van der Waals surface area (Å²) in [7, 11) is 0. The van der Waals surface area contributed by atoms with Crippen molar-refractivity contribution in [3.8, 4) is 0 Å². The maximum absolute atomic E-state index is 2.67. The molecule has 46 heavy (non-hydrogen) atoms. The molecule has 232 valence electrons. The minimum atomic E-state index is 0. The summed E-state index contributed by atoms with van der Waals surface area (Å²) in [6.45, 7) is 4.87. The SMILES string of the molecule is CC1=C(c2ccc3[cH-]c4ccccc4c3c2)C(C)C=C1C12CC3CC(CC(C3)C1)C2.[Cl-].[Cl-].[Zr+2]=[C](c1ccccc1)c1ccccc1. The van der Waals surface area contributed by atoms with Crippen molar-refractivity contribution in [2.24, 2.45) is 29.1 Å². The van der Waals surface area contributed by atoms with Crippen LogP contribution < -0.4 is 24.8 Å². The molecule has 3 heteroatoms. The van der Waals surface area contributed by atoms with Crippen LogP contribution in [0.25, 0.3) is 27.1 Å². The van der Waals surface area contributed by atoms with Gasteiger partial charge in [0.2, 0.25) is 0 Å². The van der Waals surface area contributed by atoms with E-state index in [1.165, 1.54) is 104 Å². The molecule has 0 amide bonds. The second-order valence-electron chi connectivity index (χ2n) is 14.2. The van der Waals surface area contributed by atoms with E-state index in [-0.39, 0.29) is 24.8 Å². The Bertz CT molecular complexity index is 1850. The van der Waals surface area contributed by atoms with Gasteiger partial charge in [0.15, 0.2) is 0 Å². The summed E-state index contributed by atoms with van der Waals surface area (Å²) in [4.78, 5) is 0. The number of hydrogen-bond donors (Lipinski definition) is 0. The van der Waals surface area contributed by atoms with E-state index in [0.717, 1.165) is 17.8 Å². The summed E-state index contributed by atoms with van der Waals surface area (Å²) in [5.74, 6) is 3.57. The van der Waals surface area contributed by atoms with Crippen LogP contribution in [0.15, 0.2) is 126 Å². The molecule has 1 unspecified atom stereocenters. The minimum absolute atomic E-state index is 0. The average molecular weight is 720 g/mol. The number of allylic oxidation sites excluding steroid dienone is 4. The zero-order chi connectivity index (χ0) is 29.8. The van der Waals surface area contributed by atoms with Gasteiger partial charge in [-0.15, -0.1) is 39.7 Å². The van der Waals surface area contributed by atoms with Crippen molar-refractivity contribution in [2.75, 3.05) is 0 Å². The molecule has 5 aliphatic rings. The van der Waals surface area contributed by atoms with Crippen molar-refractivity contribution in [3.63, 3.8) is 0 Å². The normalized spacial score (nSPS) is 25.9. The van der Waals surface area contributed by atoms with Crippen molar-refractivity contribution >= 4 is 30.3 Å². The van der Waals surface area contributed by atoms with Gasteiger partial charge < -0.3 is 24.8 Å². The number of halogens is 2. The molecule has 0 N–H and O–H groups in total. The van der Waals surface area contributed by atoms with E-state index >= 15 is 0 Å². The Labute approximate surface area is 301 Å². The van der Waals surface area contributed by atoms with E-state index in [0.29, 0.717) is 11.3 Å². The van der Waals surface area contributed by atoms with Gasteiger partial charge in [0.1, 0.15) is 0 Å². The van der Waals surface area contributed by atoms with Crippen molar-refractivity contribution in [3.05, 3.63) is 143 Å². The number of fused-ring (bicyclic) bond motifs is 3. The van der Waals surface area contributed by atoms with Crippen LogP contribution in [0.5, 0.6) is 0 Å². The molecule has 1 atom stereocenters. The molecular formula is C43H41Cl2Zr-. The molecule has 0 aromatic heterocycles. The zero-order valence-electron chi connectivity index (χ0n) is 26.8. The molecule has 4 fully saturated rings. The van der Waals surface area contributed by atoms with Crippen LogP contribution in [0.4, 0.5) is 0 Å². The van der Waals surface area contributed by atoms with Crippen LogP contribution in [0.2, 0.25) is 0 Å². The standard InChI is InChI=1S/C30H31.C13H10.2ClH.Zr/c1-18-9-28(30-15-20-10-21(16-30)12-22(11-20)17-30)19(2)29(18)25-8-7-24-13-23-5-3-4-6-26(23)27(24)14-25;1-3-7-12(8-4-1)11-13-9-5-2-6-10-13;;;/h3-9,13-14,18,20-22H,10-12,15-17H2,1-2H3;1-10H;2*1H;/q-1;;;;+2/p-2. The second kappa shape index (κ2) is 13.6. The number of rotatable bonds is 4. The van der Waals surface area contributed by atoms with Gasteiger partial charge in [-0.1, -0.05) is 43.3 Å². The van der Waals surface area contributed by atoms with Crippen LogP contribution in [-0.4, -0.2) is 3.21 Å². The van der Waals surface area contributed by atoms with E-state index < -0.39 is 0 Å². The van der Waals surface area contributed by atoms with Crippen LogP contribution in [-0.2, 0) is 24.2 Å². The Hall–Kier alpha value is -2.44. The van der Waals surface area contributed by atoms with Gasteiger partial charge in [0.05, 0.1) is 0 Å². The molecule has 0 radical (unpaired) electrons. The first-order valence-electron chi connectivity index (χ1n) is 16.7. The molecule has 0 nitrogen and oxygen atoms in total. The van der Waals surface area contributed by atoms with Crippen molar-refractivity contribution in [1.82, 2.24) is 0 Å². The third kappa shape index (κ3) is 6.02. The molecular weight excluding hydrogens is 679 g/mol. The Morgan fingerprint density at radius 1 is 0.674 bits per heavy atom. The third-order valence-corrected chi connectivity index (χ3v) is 12.8. The van der Waals surface area contributed by atoms with Gasteiger partial charge >= 0.3 is 99.2 Å². The second-order valence-corrected chi connectivity index (χ2v) is 15.5. The maximum atomic E-state index is 2.67. The zero-order valence-corrected chi connectivity index (χ0v) is 30.7. The molecule has 5 aromatic carbocycles. The van der Waals surface area contributed by atoms with E-state index in [1.54, 1.807) is 16.7 Å². The Balaban J connectivity index is 0.000000198. The predicted octanol–water partition coefficient (Wildman–Crippen LogP) is 5.09. The average Bonchev–Trinajstić information content (AvgIpc) is 3.57. The third-order valence-electron chi connectivity index (χ3n) is 11.3. The monoisotopic (exact) mass is 717 g/mol. The summed E-state index contributed by atoms with van der Waals surface area (Å²) in [5, 5.41) is 5.55. The number of benzene rings is 4. The van der Waals surface area contributed by atoms with E-state index in [2.05, 4.69) is 129 Å². The molecule has 0 saturated heterocycles. The predicted molar refractivity (Wildman–Crippen MR) is 184 cm³/mol. The van der Waals surface area contributed by atoms with Crippen molar-refractivity contribution < 1.29 is 49.0 Å². The van der Waals surface area contributed by atoms with E-state index in [4.69, 9.17) is 0 Å². The fourth-order valence-electron chi connectivity index (χ4n) is 9.93. The summed E-state index contributed by atoms with van der Waals surface area (Å²) >= 11 is 1.46.